The van der Waals surface area contributed by atoms with Crippen molar-refractivity contribution >= 4 is 5.91 Å². The van der Waals surface area contributed by atoms with Crippen LogP contribution in [0.4, 0.5) is 0 Å². The third-order valence-corrected chi connectivity index (χ3v) is 1.89. The minimum atomic E-state index is -0.343. The highest BCUT2D eigenvalue weighted by atomic mass is 16.1. The normalized spacial score (nSPS) is 10.4. The first-order valence-electron chi connectivity index (χ1n) is 4.65. The van der Waals surface area contributed by atoms with Crippen LogP contribution in [0.1, 0.15) is 18.3 Å². The van der Waals surface area contributed by atoms with Gasteiger partial charge in [0.25, 0.3) is 0 Å². The van der Waals surface area contributed by atoms with Crippen molar-refractivity contribution in [3.05, 3.63) is 17.5 Å². The van der Waals surface area contributed by atoms with Gasteiger partial charge in [-0.25, -0.2) is 0 Å². The lowest BCUT2D eigenvalue weighted by molar-refractivity contribution is -0.117. The van der Waals surface area contributed by atoms with Crippen LogP contribution in [0.2, 0.25) is 0 Å². The minimum absolute atomic E-state index is 0.202. The number of primary amides is 1. The topological polar surface area (TPSA) is 72.9 Å². The number of hydrogen-bond acceptors (Lipinski definition) is 3. The fourth-order valence-corrected chi connectivity index (χ4v) is 1.33. The van der Waals surface area contributed by atoms with E-state index in [0.717, 1.165) is 17.9 Å². The van der Waals surface area contributed by atoms with E-state index < -0.39 is 0 Å². The van der Waals surface area contributed by atoms with Gasteiger partial charge in [-0.2, -0.15) is 5.10 Å². The molecule has 0 spiro atoms. The van der Waals surface area contributed by atoms with Crippen molar-refractivity contribution in [1.82, 2.24) is 15.1 Å². The first-order valence-corrected chi connectivity index (χ1v) is 4.65. The van der Waals surface area contributed by atoms with Gasteiger partial charge >= 0.3 is 0 Å². The van der Waals surface area contributed by atoms with E-state index in [2.05, 4.69) is 10.4 Å². The van der Waals surface area contributed by atoms with Gasteiger partial charge in [0.2, 0.25) is 5.91 Å². The molecular formula is C9H16N4O. The maximum atomic E-state index is 10.5. The molecule has 1 aromatic heterocycles. The zero-order valence-corrected chi connectivity index (χ0v) is 8.58. The van der Waals surface area contributed by atoms with Crippen LogP contribution in [0.15, 0.2) is 6.07 Å². The fraction of sp³-hybridized carbons (Fsp3) is 0.556. The van der Waals surface area contributed by atoms with Gasteiger partial charge in [-0.1, -0.05) is 0 Å². The summed E-state index contributed by atoms with van der Waals surface area (Å²) in [4.78, 5) is 10.5. The summed E-state index contributed by atoms with van der Waals surface area (Å²) in [6.45, 7) is 5.64. The van der Waals surface area contributed by atoms with Crippen molar-refractivity contribution in [3.8, 4) is 0 Å². The SMILES string of the molecule is CCn1nc(C)cc1CNCC(N)=O. The fourth-order valence-electron chi connectivity index (χ4n) is 1.33. The molecule has 0 aliphatic carbocycles. The number of hydrogen-bond donors (Lipinski definition) is 2. The Morgan fingerprint density at radius 3 is 3.00 bits per heavy atom. The predicted octanol–water partition coefficient (Wildman–Crippen LogP) is -0.214. The molecule has 3 N–H and O–H groups in total. The van der Waals surface area contributed by atoms with Crippen molar-refractivity contribution in [3.63, 3.8) is 0 Å². The van der Waals surface area contributed by atoms with E-state index in [1.165, 1.54) is 0 Å². The summed E-state index contributed by atoms with van der Waals surface area (Å²) in [5.74, 6) is -0.343. The molecule has 5 heteroatoms. The third-order valence-electron chi connectivity index (χ3n) is 1.89. The van der Waals surface area contributed by atoms with Crippen LogP contribution in [0.5, 0.6) is 0 Å². The molecule has 1 heterocycles. The van der Waals surface area contributed by atoms with Gasteiger partial charge in [0.1, 0.15) is 0 Å². The summed E-state index contributed by atoms with van der Waals surface area (Å²) in [6, 6.07) is 2.00. The highest BCUT2D eigenvalue weighted by Gasteiger charge is 2.03. The van der Waals surface area contributed by atoms with Crippen molar-refractivity contribution < 1.29 is 4.79 Å². The summed E-state index contributed by atoms with van der Waals surface area (Å²) < 4.78 is 1.91. The Balaban J connectivity index is 2.52. The van der Waals surface area contributed by atoms with E-state index in [1.807, 2.05) is 24.6 Å². The van der Waals surface area contributed by atoms with Crippen LogP contribution in [0, 0.1) is 6.92 Å². The van der Waals surface area contributed by atoms with Gasteiger partial charge < -0.3 is 11.1 Å². The molecule has 1 rings (SSSR count). The molecule has 0 atom stereocenters. The van der Waals surface area contributed by atoms with E-state index in [-0.39, 0.29) is 12.5 Å². The predicted molar refractivity (Wildman–Crippen MR) is 53.5 cm³/mol. The number of aromatic nitrogens is 2. The summed E-state index contributed by atoms with van der Waals surface area (Å²) in [5, 5.41) is 7.24. The average molecular weight is 196 g/mol. The van der Waals surface area contributed by atoms with Gasteiger partial charge in [-0.3, -0.25) is 9.48 Å². The van der Waals surface area contributed by atoms with Gasteiger partial charge in [0, 0.05) is 13.1 Å². The Morgan fingerprint density at radius 1 is 1.71 bits per heavy atom. The van der Waals surface area contributed by atoms with Crippen LogP contribution < -0.4 is 11.1 Å². The molecular weight excluding hydrogens is 180 g/mol. The second kappa shape index (κ2) is 4.76. The van der Waals surface area contributed by atoms with Gasteiger partial charge in [0.05, 0.1) is 17.9 Å². The lowest BCUT2D eigenvalue weighted by atomic mass is 10.3. The Bertz CT molecular complexity index is 319. The van der Waals surface area contributed by atoms with E-state index in [0.29, 0.717) is 6.54 Å². The van der Waals surface area contributed by atoms with E-state index in [9.17, 15) is 4.79 Å². The first kappa shape index (κ1) is 10.7. The van der Waals surface area contributed by atoms with Crippen LogP contribution in [0.3, 0.4) is 0 Å². The quantitative estimate of drug-likeness (QED) is 0.684. The summed E-state index contributed by atoms with van der Waals surface area (Å²) in [6.07, 6.45) is 0. The number of amides is 1. The number of rotatable bonds is 5. The van der Waals surface area contributed by atoms with Gasteiger partial charge in [0.15, 0.2) is 0 Å². The molecule has 0 saturated heterocycles. The number of aryl methyl sites for hydroxylation is 2. The molecule has 0 radical (unpaired) electrons. The third kappa shape index (κ3) is 2.85. The lowest BCUT2D eigenvalue weighted by Gasteiger charge is -2.04. The van der Waals surface area contributed by atoms with E-state index in [4.69, 9.17) is 5.73 Å². The van der Waals surface area contributed by atoms with Crippen molar-refractivity contribution in [2.24, 2.45) is 5.73 Å². The van der Waals surface area contributed by atoms with Crippen LogP contribution in [-0.2, 0) is 17.9 Å². The number of nitrogens with zero attached hydrogens (tertiary/aromatic N) is 2. The Morgan fingerprint density at radius 2 is 2.43 bits per heavy atom. The van der Waals surface area contributed by atoms with Crippen LogP contribution in [-0.4, -0.2) is 22.2 Å². The smallest absolute Gasteiger partial charge is 0.231 e. The zero-order chi connectivity index (χ0) is 10.6. The molecule has 5 nitrogen and oxygen atoms in total. The second-order valence-corrected chi connectivity index (χ2v) is 3.16. The number of carbonyl (C=O) groups excluding carboxylic acids is 1. The molecule has 0 aliphatic rings. The lowest BCUT2D eigenvalue weighted by Crippen LogP contribution is -2.28. The Labute approximate surface area is 83.3 Å². The van der Waals surface area contributed by atoms with E-state index >= 15 is 0 Å². The number of nitrogens with two attached hydrogens (primary N) is 1. The molecule has 0 bridgehead atoms. The summed E-state index contributed by atoms with van der Waals surface area (Å²) in [7, 11) is 0. The largest absolute Gasteiger partial charge is 0.369 e. The average Bonchev–Trinajstić information content (AvgIpc) is 2.45. The Kier molecular flexibility index (Phi) is 3.64. The van der Waals surface area contributed by atoms with Crippen molar-refractivity contribution in [2.75, 3.05) is 6.54 Å². The molecule has 0 aliphatic heterocycles. The molecule has 0 fully saturated rings. The second-order valence-electron chi connectivity index (χ2n) is 3.16. The standard InChI is InChI=1S/C9H16N4O/c1-3-13-8(4-7(2)12-13)5-11-6-9(10)14/h4,11H,3,5-6H2,1-2H3,(H2,10,14). The molecule has 78 valence electrons. The van der Waals surface area contributed by atoms with Crippen molar-refractivity contribution in [2.45, 2.75) is 26.9 Å². The summed E-state index contributed by atoms with van der Waals surface area (Å²) >= 11 is 0. The minimum Gasteiger partial charge on any atom is -0.369 e. The van der Waals surface area contributed by atoms with Crippen LogP contribution in [0.25, 0.3) is 0 Å². The first-order chi connectivity index (χ1) is 6.63. The molecule has 0 saturated carbocycles. The summed E-state index contributed by atoms with van der Waals surface area (Å²) in [5.41, 5.74) is 7.07. The highest BCUT2D eigenvalue weighted by molar-refractivity contribution is 5.75. The number of nitrogens with one attached hydrogen (secondary N) is 1. The highest BCUT2D eigenvalue weighted by Crippen LogP contribution is 2.02. The van der Waals surface area contributed by atoms with E-state index in [1.54, 1.807) is 0 Å². The maximum Gasteiger partial charge on any atom is 0.231 e. The molecule has 1 amide bonds. The van der Waals surface area contributed by atoms with Gasteiger partial charge in [-0.05, 0) is 19.9 Å². The molecule has 0 aromatic carbocycles. The van der Waals surface area contributed by atoms with Crippen LogP contribution >= 0.6 is 0 Å². The Hall–Kier alpha value is -1.36. The molecule has 1 aromatic rings. The molecule has 14 heavy (non-hydrogen) atoms. The van der Waals surface area contributed by atoms with Crippen molar-refractivity contribution in [1.29, 1.82) is 0 Å². The zero-order valence-electron chi connectivity index (χ0n) is 8.58. The molecule has 0 unspecified atom stereocenters. The monoisotopic (exact) mass is 196 g/mol. The maximum absolute atomic E-state index is 10.5. The number of carbonyl (C=O) groups is 1. The van der Waals surface area contributed by atoms with Gasteiger partial charge in [-0.15, -0.1) is 0 Å².